The summed E-state index contributed by atoms with van der Waals surface area (Å²) in [6, 6.07) is 12.9. The number of carbonyl (C=O) groups is 2. The highest BCUT2D eigenvalue weighted by atomic mass is 16.2. The number of rotatable bonds is 8. The first-order valence-corrected chi connectivity index (χ1v) is 9.30. The Bertz CT molecular complexity index is 857. The van der Waals surface area contributed by atoms with Crippen molar-refractivity contribution < 1.29 is 9.59 Å². The number of aromatic nitrogens is 1. The normalized spacial score (nSPS) is 18.0. The molecule has 2 N–H and O–H groups in total. The highest BCUT2D eigenvalue weighted by molar-refractivity contribution is 5.82. The van der Waals surface area contributed by atoms with E-state index in [0.29, 0.717) is 25.6 Å². The monoisotopic (exact) mass is 367 g/mol. The Hall–Kier alpha value is -2.89. The molecule has 1 heterocycles. The van der Waals surface area contributed by atoms with Crippen LogP contribution in [0.4, 0.5) is 0 Å². The molecule has 1 fully saturated rings. The fraction of sp³-hybridized carbons (Fsp3) is 0.381. The van der Waals surface area contributed by atoms with Gasteiger partial charge in [0, 0.05) is 37.7 Å². The third-order valence-electron chi connectivity index (χ3n) is 4.86. The average molecular weight is 367 g/mol. The molecular formula is C21H25N3O3. The van der Waals surface area contributed by atoms with Crippen molar-refractivity contribution in [2.75, 3.05) is 6.54 Å². The zero-order valence-corrected chi connectivity index (χ0v) is 15.5. The van der Waals surface area contributed by atoms with E-state index in [9.17, 15) is 14.4 Å². The fourth-order valence-electron chi connectivity index (χ4n) is 2.96. The van der Waals surface area contributed by atoms with E-state index in [1.807, 2.05) is 30.3 Å². The lowest BCUT2D eigenvalue weighted by atomic mass is 10.1. The summed E-state index contributed by atoms with van der Waals surface area (Å²) in [6.45, 7) is 3.39. The van der Waals surface area contributed by atoms with Gasteiger partial charge >= 0.3 is 0 Å². The zero-order chi connectivity index (χ0) is 19.2. The first-order chi connectivity index (χ1) is 13.0. The van der Waals surface area contributed by atoms with Gasteiger partial charge in [0.1, 0.15) is 0 Å². The maximum absolute atomic E-state index is 11.9. The Labute approximate surface area is 158 Å². The minimum Gasteiger partial charge on any atom is -0.355 e. The van der Waals surface area contributed by atoms with Crippen LogP contribution in [0.15, 0.2) is 53.5 Å². The summed E-state index contributed by atoms with van der Waals surface area (Å²) >= 11 is 0. The number of benzene rings is 1. The second kappa shape index (κ2) is 8.66. The van der Waals surface area contributed by atoms with Crippen molar-refractivity contribution in [1.82, 2.24) is 15.2 Å². The average Bonchev–Trinajstić information content (AvgIpc) is 3.40. The van der Waals surface area contributed by atoms with Crippen LogP contribution < -0.4 is 16.2 Å². The van der Waals surface area contributed by atoms with E-state index in [1.54, 1.807) is 16.8 Å². The van der Waals surface area contributed by atoms with Crippen LogP contribution in [0.1, 0.15) is 30.9 Å². The fourth-order valence-corrected chi connectivity index (χ4v) is 2.96. The molecule has 0 saturated heterocycles. The topological polar surface area (TPSA) is 80.2 Å². The second-order valence-corrected chi connectivity index (χ2v) is 7.12. The third kappa shape index (κ3) is 5.54. The van der Waals surface area contributed by atoms with Gasteiger partial charge in [-0.25, -0.2) is 0 Å². The van der Waals surface area contributed by atoms with Crippen molar-refractivity contribution in [3.05, 3.63) is 70.1 Å². The lowest BCUT2D eigenvalue weighted by Gasteiger charge is -2.08. The molecule has 142 valence electrons. The lowest BCUT2D eigenvalue weighted by molar-refractivity contribution is -0.123. The Balaban J connectivity index is 1.39. The predicted octanol–water partition coefficient (Wildman–Crippen LogP) is 1.68. The molecule has 0 aliphatic heterocycles. The molecule has 1 aromatic carbocycles. The summed E-state index contributed by atoms with van der Waals surface area (Å²) in [5.74, 6) is 0.586. The van der Waals surface area contributed by atoms with Crippen molar-refractivity contribution in [1.29, 1.82) is 0 Å². The van der Waals surface area contributed by atoms with E-state index in [-0.39, 0.29) is 29.7 Å². The Morgan fingerprint density at radius 2 is 1.78 bits per heavy atom. The van der Waals surface area contributed by atoms with Gasteiger partial charge in [-0.3, -0.25) is 14.4 Å². The third-order valence-corrected chi connectivity index (χ3v) is 4.86. The van der Waals surface area contributed by atoms with Gasteiger partial charge in [0.2, 0.25) is 11.8 Å². The number of pyridine rings is 1. The van der Waals surface area contributed by atoms with E-state index in [0.717, 1.165) is 17.5 Å². The molecule has 6 heteroatoms. The second-order valence-electron chi connectivity index (χ2n) is 7.12. The summed E-state index contributed by atoms with van der Waals surface area (Å²) < 4.78 is 1.65. The van der Waals surface area contributed by atoms with E-state index in [2.05, 4.69) is 17.6 Å². The van der Waals surface area contributed by atoms with Crippen LogP contribution in [0.3, 0.4) is 0 Å². The molecular weight excluding hydrogens is 342 g/mol. The Kier molecular flexibility index (Phi) is 6.06. The van der Waals surface area contributed by atoms with Gasteiger partial charge in [0.25, 0.3) is 5.56 Å². The number of nitrogens with one attached hydrogen (secondary N) is 2. The number of hydrogen-bond donors (Lipinski definition) is 2. The molecule has 27 heavy (non-hydrogen) atoms. The van der Waals surface area contributed by atoms with Gasteiger partial charge < -0.3 is 15.2 Å². The van der Waals surface area contributed by atoms with Gasteiger partial charge in [-0.1, -0.05) is 37.3 Å². The van der Waals surface area contributed by atoms with Gasteiger partial charge in [-0.15, -0.1) is 0 Å². The standard InChI is InChI=1S/C21H25N3O3/c1-15-12-18(15)21(27)22-10-9-19(25)23-13-16-5-7-17(8-6-16)14-24-11-3-2-4-20(24)26/h2-8,11,15,18H,9-10,12-14H2,1H3,(H,22,27)(H,23,25). The van der Waals surface area contributed by atoms with Crippen LogP contribution in [-0.2, 0) is 22.7 Å². The zero-order valence-electron chi connectivity index (χ0n) is 15.5. The summed E-state index contributed by atoms with van der Waals surface area (Å²) in [6.07, 6.45) is 2.99. The molecule has 2 aromatic rings. The maximum atomic E-state index is 11.9. The quantitative estimate of drug-likeness (QED) is 0.745. The van der Waals surface area contributed by atoms with Crippen LogP contribution in [0, 0.1) is 11.8 Å². The smallest absolute Gasteiger partial charge is 0.250 e. The highest BCUT2D eigenvalue weighted by Gasteiger charge is 2.38. The van der Waals surface area contributed by atoms with Crippen LogP contribution in [-0.4, -0.2) is 22.9 Å². The molecule has 3 rings (SSSR count). The molecule has 1 aliphatic carbocycles. The first kappa shape index (κ1) is 18.9. The van der Waals surface area contributed by atoms with Crippen LogP contribution in [0.5, 0.6) is 0 Å². The molecule has 2 amide bonds. The molecule has 2 unspecified atom stereocenters. The minimum atomic E-state index is -0.0842. The first-order valence-electron chi connectivity index (χ1n) is 9.30. The number of nitrogens with zero attached hydrogens (tertiary/aromatic N) is 1. The van der Waals surface area contributed by atoms with Crippen molar-refractivity contribution in [2.45, 2.75) is 32.9 Å². The van der Waals surface area contributed by atoms with Crippen molar-refractivity contribution >= 4 is 11.8 Å². The largest absolute Gasteiger partial charge is 0.355 e. The number of hydrogen-bond acceptors (Lipinski definition) is 3. The maximum Gasteiger partial charge on any atom is 0.250 e. The molecule has 2 atom stereocenters. The Morgan fingerprint density at radius 1 is 1.07 bits per heavy atom. The SMILES string of the molecule is CC1CC1C(=O)NCCC(=O)NCc1ccc(Cn2ccccc2=O)cc1. The van der Waals surface area contributed by atoms with Gasteiger partial charge in [-0.2, -0.15) is 0 Å². The minimum absolute atomic E-state index is 0.0305. The summed E-state index contributed by atoms with van der Waals surface area (Å²) in [5.41, 5.74) is 1.98. The molecule has 6 nitrogen and oxygen atoms in total. The van der Waals surface area contributed by atoms with E-state index < -0.39 is 0 Å². The summed E-state index contributed by atoms with van der Waals surface area (Å²) in [5, 5.41) is 5.67. The van der Waals surface area contributed by atoms with Crippen LogP contribution in [0.2, 0.25) is 0 Å². The summed E-state index contributed by atoms with van der Waals surface area (Å²) in [4.78, 5) is 35.3. The lowest BCUT2D eigenvalue weighted by Crippen LogP contribution is -2.31. The van der Waals surface area contributed by atoms with Crippen LogP contribution >= 0.6 is 0 Å². The van der Waals surface area contributed by atoms with Gasteiger partial charge in [0.15, 0.2) is 0 Å². The molecule has 0 spiro atoms. The van der Waals surface area contributed by atoms with Gasteiger partial charge in [-0.05, 0) is 29.5 Å². The van der Waals surface area contributed by atoms with Crippen molar-refractivity contribution in [3.63, 3.8) is 0 Å². The molecule has 1 aliphatic rings. The highest BCUT2D eigenvalue weighted by Crippen LogP contribution is 2.37. The van der Waals surface area contributed by atoms with E-state index in [4.69, 9.17) is 0 Å². The molecule has 0 radical (unpaired) electrons. The number of amides is 2. The Morgan fingerprint density at radius 3 is 2.44 bits per heavy atom. The van der Waals surface area contributed by atoms with E-state index in [1.165, 1.54) is 6.07 Å². The summed E-state index contributed by atoms with van der Waals surface area (Å²) in [7, 11) is 0. The molecule has 1 aromatic heterocycles. The molecule has 1 saturated carbocycles. The van der Waals surface area contributed by atoms with Crippen LogP contribution in [0.25, 0.3) is 0 Å². The van der Waals surface area contributed by atoms with Crippen molar-refractivity contribution in [2.24, 2.45) is 11.8 Å². The van der Waals surface area contributed by atoms with E-state index >= 15 is 0 Å². The molecule has 0 bridgehead atoms. The van der Waals surface area contributed by atoms with Gasteiger partial charge in [0.05, 0.1) is 6.54 Å². The number of carbonyl (C=O) groups excluding carboxylic acids is 2. The van der Waals surface area contributed by atoms with Crippen molar-refractivity contribution in [3.8, 4) is 0 Å². The predicted molar refractivity (Wildman–Crippen MR) is 103 cm³/mol.